The molecule has 0 atom stereocenters. The molecule has 24 heavy (non-hydrogen) atoms. The van der Waals surface area contributed by atoms with Crippen LogP contribution in [0.25, 0.3) is 0 Å². The van der Waals surface area contributed by atoms with Crippen molar-refractivity contribution in [3.8, 4) is 0 Å². The number of amides is 1. The van der Waals surface area contributed by atoms with Crippen LogP contribution in [-0.4, -0.2) is 18.5 Å². The molecule has 0 saturated carbocycles. The number of anilines is 1. The average Bonchev–Trinajstić information content (AvgIpc) is 2.55. The summed E-state index contributed by atoms with van der Waals surface area (Å²) in [6.07, 6.45) is 0. The summed E-state index contributed by atoms with van der Waals surface area (Å²) in [5.74, 6) is -1.82. The zero-order valence-electron chi connectivity index (χ0n) is 13.3. The van der Waals surface area contributed by atoms with Crippen LogP contribution in [0.3, 0.4) is 0 Å². The molecule has 0 spiro atoms. The summed E-state index contributed by atoms with van der Waals surface area (Å²) in [6.45, 7) is 3.63. The maximum absolute atomic E-state index is 13.5. The van der Waals surface area contributed by atoms with Gasteiger partial charge in [0, 0.05) is 10.7 Å². The van der Waals surface area contributed by atoms with Gasteiger partial charge in [0.15, 0.2) is 6.61 Å². The minimum absolute atomic E-state index is 0.207. The van der Waals surface area contributed by atoms with E-state index < -0.39 is 24.3 Å². The quantitative estimate of drug-likeness (QED) is 0.814. The van der Waals surface area contributed by atoms with Crippen molar-refractivity contribution in [1.82, 2.24) is 0 Å². The van der Waals surface area contributed by atoms with Gasteiger partial charge in [-0.25, -0.2) is 9.18 Å². The van der Waals surface area contributed by atoms with Crippen LogP contribution in [0.15, 0.2) is 42.5 Å². The molecular weight excluding hydrogens is 333 g/mol. The molecule has 0 aliphatic heterocycles. The molecule has 2 aromatic rings. The van der Waals surface area contributed by atoms with Gasteiger partial charge in [0.1, 0.15) is 5.82 Å². The van der Waals surface area contributed by atoms with E-state index in [-0.39, 0.29) is 10.6 Å². The predicted molar refractivity (Wildman–Crippen MR) is 90.9 cm³/mol. The number of rotatable bonds is 5. The fourth-order valence-corrected chi connectivity index (χ4v) is 2.18. The molecule has 0 bridgehead atoms. The van der Waals surface area contributed by atoms with E-state index in [1.807, 2.05) is 12.1 Å². The van der Waals surface area contributed by atoms with Crippen molar-refractivity contribution >= 4 is 29.2 Å². The predicted octanol–water partition coefficient (Wildman–Crippen LogP) is 4.40. The lowest BCUT2D eigenvalue weighted by Gasteiger charge is -2.09. The molecule has 0 radical (unpaired) electrons. The largest absolute Gasteiger partial charge is 0.452 e. The molecule has 2 aromatic carbocycles. The van der Waals surface area contributed by atoms with E-state index in [1.54, 1.807) is 12.1 Å². The first kappa shape index (κ1) is 17.9. The third kappa shape index (κ3) is 4.80. The number of benzene rings is 2. The topological polar surface area (TPSA) is 55.4 Å². The highest BCUT2D eigenvalue weighted by Gasteiger charge is 2.15. The lowest BCUT2D eigenvalue weighted by Crippen LogP contribution is -2.21. The van der Waals surface area contributed by atoms with Crippen LogP contribution < -0.4 is 5.32 Å². The molecule has 1 amide bonds. The Morgan fingerprint density at radius 1 is 1.17 bits per heavy atom. The third-order valence-electron chi connectivity index (χ3n) is 3.34. The van der Waals surface area contributed by atoms with E-state index in [1.165, 1.54) is 6.07 Å². The van der Waals surface area contributed by atoms with Gasteiger partial charge in [0.05, 0.1) is 5.56 Å². The maximum atomic E-state index is 13.5. The van der Waals surface area contributed by atoms with Gasteiger partial charge in [-0.1, -0.05) is 37.6 Å². The molecule has 126 valence electrons. The molecule has 0 saturated heterocycles. The highest BCUT2D eigenvalue weighted by atomic mass is 35.5. The lowest BCUT2D eigenvalue weighted by atomic mass is 10.0. The Balaban J connectivity index is 1.90. The zero-order valence-corrected chi connectivity index (χ0v) is 14.1. The minimum Gasteiger partial charge on any atom is -0.452 e. The van der Waals surface area contributed by atoms with E-state index >= 15 is 0 Å². The number of esters is 1. The SMILES string of the molecule is CC(C)c1ccc(NC(=O)COC(=O)c2cc(Cl)ccc2F)cc1. The van der Waals surface area contributed by atoms with Gasteiger partial charge in [-0.15, -0.1) is 0 Å². The summed E-state index contributed by atoms with van der Waals surface area (Å²) < 4.78 is 18.3. The van der Waals surface area contributed by atoms with Crippen LogP contribution >= 0.6 is 11.6 Å². The van der Waals surface area contributed by atoms with Crippen LogP contribution in [0.5, 0.6) is 0 Å². The Bertz CT molecular complexity index is 744. The van der Waals surface area contributed by atoms with Crippen molar-refractivity contribution in [3.63, 3.8) is 0 Å². The summed E-state index contributed by atoms with van der Waals surface area (Å²) in [6, 6.07) is 10.9. The molecule has 0 aliphatic carbocycles. The van der Waals surface area contributed by atoms with Gasteiger partial charge >= 0.3 is 5.97 Å². The second-order valence-electron chi connectivity index (χ2n) is 5.53. The molecule has 6 heteroatoms. The van der Waals surface area contributed by atoms with Crippen molar-refractivity contribution in [1.29, 1.82) is 0 Å². The second-order valence-corrected chi connectivity index (χ2v) is 5.96. The van der Waals surface area contributed by atoms with Crippen molar-refractivity contribution in [2.45, 2.75) is 19.8 Å². The highest BCUT2D eigenvalue weighted by Crippen LogP contribution is 2.18. The third-order valence-corrected chi connectivity index (χ3v) is 3.58. The summed E-state index contributed by atoms with van der Waals surface area (Å²) in [5.41, 5.74) is 1.43. The van der Waals surface area contributed by atoms with Gasteiger partial charge in [0.2, 0.25) is 0 Å². The number of ether oxygens (including phenoxy) is 1. The number of hydrogen-bond donors (Lipinski definition) is 1. The monoisotopic (exact) mass is 349 g/mol. The normalized spacial score (nSPS) is 10.5. The van der Waals surface area contributed by atoms with E-state index in [9.17, 15) is 14.0 Å². The number of hydrogen-bond acceptors (Lipinski definition) is 3. The van der Waals surface area contributed by atoms with E-state index in [4.69, 9.17) is 16.3 Å². The molecule has 0 aromatic heterocycles. The molecule has 4 nitrogen and oxygen atoms in total. The summed E-state index contributed by atoms with van der Waals surface area (Å²) in [4.78, 5) is 23.6. The number of halogens is 2. The van der Waals surface area contributed by atoms with Gasteiger partial charge in [0.25, 0.3) is 5.91 Å². The Labute approximate surface area is 144 Å². The highest BCUT2D eigenvalue weighted by molar-refractivity contribution is 6.30. The van der Waals surface area contributed by atoms with Crippen LogP contribution in [0.2, 0.25) is 5.02 Å². The first-order valence-electron chi connectivity index (χ1n) is 7.39. The molecule has 1 N–H and O–H groups in total. The molecule has 0 fully saturated rings. The standard InChI is InChI=1S/C18H17ClFNO3/c1-11(2)12-3-6-14(7-4-12)21-17(22)10-24-18(23)15-9-13(19)5-8-16(15)20/h3-9,11H,10H2,1-2H3,(H,21,22). The first-order valence-corrected chi connectivity index (χ1v) is 7.76. The van der Waals surface area contributed by atoms with Crippen molar-refractivity contribution in [2.24, 2.45) is 0 Å². The van der Waals surface area contributed by atoms with Crippen molar-refractivity contribution in [2.75, 3.05) is 11.9 Å². The van der Waals surface area contributed by atoms with E-state index in [2.05, 4.69) is 19.2 Å². The summed E-state index contributed by atoms with van der Waals surface area (Å²) in [5, 5.41) is 2.81. The Hall–Kier alpha value is -2.40. The fourth-order valence-electron chi connectivity index (χ4n) is 2.01. The zero-order chi connectivity index (χ0) is 17.7. The Kier molecular flexibility index (Phi) is 5.93. The molecule has 2 rings (SSSR count). The van der Waals surface area contributed by atoms with Crippen molar-refractivity contribution < 1.29 is 18.7 Å². The summed E-state index contributed by atoms with van der Waals surface area (Å²) in [7, 11) is 0. The van der Waals surface area contributed by atoms with Crippen LogP contribution in [0.1, 0.15) is 35.7 Å². The van der Waals surface area contributed by atoms with E-state index in [0.29, 0.717) is 11.6 Å². The number of carbonyl (C=O) groups is 2. The number of carbonyl (C=O) groups excluding carboxylic acids is 2. The molecule has 0 unspecified atom stereocenters. The first-order chi connectivity index (χ1) is 11.4. The second kappa shape index (κ2) is 7.93. The van der Waals surface area contributed by atoms with E-state index in [0.717, 1.165) is 17.7 Å². The molecular formula is C18H17ClFNO3. The van der Waals surface area contributed by atoms with Gasteiger partial charge in [-0.2, -0.15) is 0 Å². The average molecular weight is 350 g/mol. The van der Waals surface area contributed by atoms with Crippen LogP contribution in [0.4, 0.5) is 10.1 Å². The van der Waals surface area contributed by atoms with Gasteiger partial charge in [-0.3, -0.25) is 4.79 Å². The molecule has 0 heterocycles. The smallest absolute Gasteiger partial charge is 0.341 e. The number of nitrogens with one attached hydrogen (secondary N) is 1. The van der Waals surface area contributed by atoms with Crippen LogP contribution in [-0.2, 0) is 9.53 Å². The molecule has 0 aliphatic rings. The fraction of sp³-hybridized carbons (Fsp3) is 0.222. The Morgan fingerprint density at radius 2 is 1.83 bits per heavy atom. The summed E-state index contributed by atoms with van der Waals surface area (Å²) >= 11 is 5.71. The lowest BCUT2D eigenvalue weighted by molar-refractivity contribution is -0.119. The minimum atomic E-state index is -0.944. The van der Waals surface area contributed by atoms with Gasteiger partial charge < -0.3 is 10.1 Å². The van der Waals surface area contributed by atoms with Crippen LogP contribution in [0, 0.1) is 5.82 Å². The Morgan fingerprint density at radius 3 is 2.46 bits per heavy atom. The van der Waals surface area contributed by atoms with Gasteiger partial charge in [-0.05, 0) is 41.8 Å². The maximum Gasteiger partial charge on any atom is 0.341 e. The van der Waals surface area contributed by atoms with Crippen molar-refractivity contribution in [3.05, 3.63) is 64.4 Å².